The van der Waals surface area contributed by atoms with E-state index in [-0.39, 0.29) is 11.8 Å². The maximum Gasteiger partial charge on any atom is 0.223 e. The van der Waals surface area contributed by atoms with Gasteiger partial charge in [-0.15, -0.1) is 0 Å². The molecule has 2 aromatic rings. The minimum absolute atomic E-state index is 0.122. The first-order chi connectivity index (χ1) is 9.33. The van der Waals surface area contributed by atoms with Crippen molar-refractivity contribution in [2.24, 2.45) is 5.92 Å². The fourth-order valence-corrected chi connectivity index (χ4v) is 2.73. The molecule has 0 bridgehead atoms. The number of benzene rings is 1. The Bertz CT molecular complexity index is 594. The van der Waals surface area contributed by atoms with Gasteiger partial charge in [-0.05, 0) is 43.0 Å². The number of hydrogen-bond acceptors (Lipinski definition) is 2. The van der Waals surface area contributed by atoms with E-state index in [0.29, 0.717) is 0 Å². The maximum atomic E-state index is 12.0. The number of nitrogens with zero attached hydrogens (tertiary/aromatic N) is 1. The zero-order valence-electron chi connectivity index (χ0n) is 10.9. The fourth-order valence-electron chi connectivity index (χ4n) is 2.73. The van der Waals surface area contributed by atoms with Crippen molar-refractivity contribution in [1.29, 1.82) is 0 Å². The number of carbonyl (C=O) groups is 1. The zero-order valence-corrected chi connectivity index (χ0v) is 10.9. The number of nitrogens with one attached hydrogen (secondary N) is 1. The molecule has 19 heavy (non-hydrogen) atoms. The van der Waals surface area contributed by atoms with E-state index in [2.05, 4.69) is 28.5 Å². The summed E-state index contributed by atoms with van der Waals surface area (Å²) in [6, 6.07) is 10.3. The summed E-state index contributed by atoms with van der Waals surface area (Å²) < 4.78 is 0. The lowest BCUT2D eigenvalue weighted by atomic mass is 9.94. The molecule has 1 aliphatic rings. The molecule has 1 N–H and O–H groups in total. The number of fused-ring (bicyclic) bond motifs is 1. The highest BCUT2D eigenvalue weighted by Gasteiger charge is 2.20. The van der Waals surface area contributed by atoms with E-state index < -0.39 is 0 Å². The van der Waals surface area contributed by atoms with Crippen LogP contribution in [-0.2, 0) is 11.2 Å². The van der Waals surface area contributed by atoms with Gasteiger partial charge in [0, 0.05) is 24.0 Å². The van der Waals surface area contributed by atoms with Crippen molar-refractivity contribution in [1.82, 2.24) is 10.3 Å². The van der Waals surface area contributed by atoms with Crippen molar-refractivity contribution in [2.45, 2.75) is 25.7 Å². The van der Waals surface area contributed by atoms with Crippen LogP contribution in [0.5, 0.6) is 0 Å². The molecule has 2 heterocycles. The molecule has 1 aromatic heterocycles. The van der Waals surface area contributed by atoms with Crippen molar-refractivity contribution in [2.75, 3.05) is 6.54 Å². The quantitative estimate of drug-likeness (QED) is 0.895. The van der Waals surface area contributed by atoms with E-state index in [1.165, 1.54) is 5.56 Å². The molecule has 0 aliphatic carbocycles. The van der Waals surface area contributed by atoms with Gasteiger partial charge in [-0.2, -0.15) is 0 Å². The lowest BCUT2D eigenvalue weighted by Crippen LogP contribution is -2.30. The number of hydrogen-bond donors (Lipinski definition) is 1. The highest BCUT2D eigenvalue weighted by atomic mass is 16.1. The van der Waals surface area contributed by atoms with Crippen LogP contribution in [0.25, 0.3) is 10.9 Å². The van der Waals surface area contributed by atoms with Crippen LogP contribution in [0.2, 0.25) is 0 Å². The maximum absolute atomic E-state index is 12.0. The van der Waals surface area contributed by atoms with Crippen LogP contribution < -0.4 is 5.32 Å². The van der Waals surface area contributed by atoms with E-state index in [9.17, 15) is 4.79 Å². The molecule has 3 rings (SSSR count). The summed E-state index contributed by atoms with van der Waals surface area (Å²) in [5.74, 6) is 0.334. The Kier molecular flexibility index (Phi) is 3.45. The number of pyridine rings is 1. The van der Waals surface area contributed by atoms with Crippen LogP contribution in [0.3, 0.4) is 0 Å². The van der Waals surface area contributed by atoms with Crippen LogP contribution in [0, 0.1) is 5.92 Å². The first kappa shape index (κ1) is 12.2. The third-order valence-corrected chi connectivity index (χ3v) is 3.80. The third kappa shape index (κ3) is 2.75. The van der Waals surface area contributed by atoms with E-state index in [1.807, 2.05) is 12.1 Å². The van der Waals surface area contributed by atoms with Gasteiger partial charge in [0.05, 0.1) is 5.52 Å². The van der Waals surface area contributed by atoms with Gasteiger partial charge in [-0.25, -0.2) is 0 Å². The Morgan fingerprint density at radius 2 is 2.21 bits per heavy atom. The molecule has 1 aliphatic heterocycles. The second-order valence-corrected chi connectivity index (χ2v) is 5.22. The summed E-state index contributed by atoms with van der Waals surface area (Å²) in [7, 11) is 0. The summed E-state index contributed by atoms with van der Waals surface area (Å²) >= 11 is 0. The lowest BCUT2D eigenvalue weighted by Gasteiger charge is -2.13. The van der Waals surface area contributed by atoms with E-state index in [4.69, 9.17) is 0 Å². The minimum atomic E-state index is 0.122. The standard InChI is InChI=1S/C16H18N2O/c19-16-14(4-1-2-8-18-16)11-12-6-7-15-13(10-12)5-3-9-17-15/h3,5-7,9-10,14H,1-2,4,8,11H2,(H,18,19). The second-order valence-electron chi connectivity index (χ2n) is 5.22. The van der Waals surface area contributed by atoms with E-state index in [0.717, 1.165) is 43.1 Å². The summed E-state index contributed by atoms with van der Waals surface area (Å²) in [4.78, 5) is 16.3. The van der Waals surface area contributed by atoms with Gasteiger partial charge in [-0.3, -0.25) is 9.78 Å². The lowest BCUT2D eigenvalue weighted by molar-refractivity contribution is -0.124. The van der Waals surface area contributed by atoms with Crippen LogP contribution >= 0.6 is 0 Å². The summed E-state index contributed by atoms with van der Waals surface area (Å²) in [6.45, 7) is 0.830. The van der Waals surface area contributed by atoms with Crippen LogP contribution in [-0.4, -0.2) is 17.4 Å². The average molecular weight is 254 g/mol. The summed E-state index contributed by atoms with van der Waals surface area (Å²) in [5.41, 5.74) is 2.24. The van der Waals surface area contributed by atoms with E-state index >= 15 is 0 Å². The van der Waals surface area contributed by atoms with Crippen molar-refractivity contribution in [3.8, 4) is 0 Å². The molecule has 0 spiro atoms. The van der Waals surface area contributed by atoms with Gasteiger partial charge in [-0.1, -0.05) is 18.6 Å². The first-order valence-corrected chi connectivity index (χ1v) is 6.94. The van der Waals surface area contributed by atoms with Crippen molar-refractivity contribution < 1.29 is 4.79 Å². The van der Waals surface area contributed by atoms with Crippen LogP contribution in [0.1, 0.15) is 24.8 Å². The van der Waals surface area contributed by atoms with Gasteiger partial charge in [0.15, 0.2) is 0 Å². The Labute approximate surface area is 113 Å². The predicted molar refractivity (Wildman–Crippen MR) is 75.8 cm³/mol. The highest BCUT2D eigenvalue weighted by Crippen LogP contribution is 2.20. The number of amides is 1. The van der Waals surface area contributed by atoms with Crippen LogP contribution in [0.4, 0.5) is 0 Å². The monoisotopic (exact) mass is 254 g/mol. The van der Waals surface area contributed by atoms with Crippen LogP contribution in [0.15, 0.2) is 36.5 Å². The molecule has 0 radical (unpaired) electrons. The van der Waals surface area contributed by atoms with Gasteiger partial charge in [0.25, 0.3) is 0 Å². The molecule has 1 aromatic carbocycles. The van der Waals surface area contributed by atoms with Gasteiger partial charge < -0.3 is 5.32 Å². The van der Waals surface area contributed by atoms with E-state index in [1.54, 1.807) is 6.20 Å². The molecule has 3 heteroatoms. The number of carbonyl (C=O) groups excluding carboxylic acids is 1. The number of aromatic nitrogens is 1. The Morgan fingerprint density at radius 3 is 3.16 bits per heavy atom. The molecule has 1 unspecified atom stereocenters. The molecular weight excluding hydrogens is 236 g/mol. The Hall–Kier alpha value is -1.90. The normalized spacial score (nSPS) is 20.0. The topological polar surface area (TPSA) is 42.0 Å². The van der Waals surface area contributed by atoms with Crippen molar-refractivity contribution in [3.05, 3.63) is 42.1 Å². The molecule has 1 saturated heterocycles. The number of rotatable bonds is 2. The first-order valence-electron chi connectivity index (χ1n) is 6.94. The molecule has 1 amide bonds. The summed E-state index contributed by atoms with van der Waals surface area (Å²) in [5, 5.41) is 4.15. The molecule has 3 nitrogen and oxygen atoms in total. The summed E-state index contributed by atoms with van der Waals surface area (Å²) in [6.07, 6.45) is 5.87. The SMILES string of the molecule is O=C1NCCCCC1Cc1ccc2ncccc2c1. The molecule has 98 valence electrons. The molecule has 1 fully saturated rings. The van der Waals surface area contributed by atoms with Gasteiger partial charge in [0.1, 0.15) is 0 Å². The molecule has 0 saturated carbocycles. The second kappa shape index (κ2) is 5.39. The molecule has 1 atom stereocenters. The fraction of sp³-hybridized carbons (Fsp3) is 0.375. The van der Waals surface area contributed by atoms with Crippen molar-refractivity contribution in [3.63, 3.8) is 0 Å². The highest BCUT2D eigenvalue weighted by molar-refractivity contribution is 5.81. The Balaban J connectivity index is 1.82. The Morgan fingerprint density at radius 1 is 1.26 bits per heavy atom. The predicted octanol–water partition coefficient (Wildman–Crippen LogP) is 2.69. The zero-order chi connectivity index (χ0) is 13.1. The van der Waals surface area contributed by atoms with Gasteiger partial charge in [0.2, 0.25) is 5.91 Å². The van der Waals surface area contributed by atoms with Gasteiger partial charge >= 0.3 is 0 Å². The third-order valence-electron chi connectivity index (χ3n) is 3.80. The molecular formula is C16H18N2O. The average Bonchev–Trinajstić information content (AvgIpc) is 2.64. The van der Waals surface area contributed by atoms with Crippen molar-refractivity contribution >= 4 is 16.8 Å². The largest absolute Gasteiger partial charge is 0.356 e. The minimum Gasteiger partial charge on any atom is -0.356 e. The smallest absolute Gasteiger partial charge is 0.223 e.